The Morgan fingerprint density at radius 3 is 2.70 bits per heavy atom. The quantitative estimate of drug-likeness (QED) is 0.311. The van der Waals surface area contributed by atoms with Crippen molar-refractivity contribution >= 4 is 51.1 Å². The second kappa shape index (κ2) is 11.4. The minimum atomic E-state index is -3.20. The van der Waals surface area contributed by atoms with Crippen molar-refractivity contribution in [3.05, 3.63) is 22.4 Å². The number of likely N-dealkylation sites (tertiary alicyclic amines) is 1. The van der Waals surface area contributed by atoms with E-state index in [-0.39, 0.29) is 24.0 Å². The van der Waals surface area contributed by atoms with E-state index >= 15 is 0 Å². The number of ether oxygens (including phenoxy) is 1. The van der Waals surface area contributed by atoms with Gasteiger partial charge < -0.3 is 15.4 Å². The molecule has 2 N–H and O–H groups in total. The van der Waals surface area contributed by atoms with Crippen LogP contribution in [-0.4, -0.2) is 77.2 Å². The first-order chi connectivity index (χ1) is 13.9. The van der Waals surface area contributed by atoms with Gasteiger partial charge in [-0.05, 0) is 56.6 Å². The third-order valence-electron chi connectivity index (χ3n) is 6.37. The van der Waals surface area contributed by atoms with Crippen LogP contribution in [0.25, 0.3) is 0 Å². The number of rotatable bonds is 6. The van der Waals surface area contributed by atoms with E-state index in [2.05, 4.69) is 45.1 Å². The molecule has 30 heavy (non-hydrogen) atoms. The van der Waals surface area contributed by atoms with Crippen molar-refractivity contribution in [2.24, 2.45) is 10.9 Å². The van der Waals surface area contributed by atoms with Gasteiger partial charge in [-0.2, -0.15) is 0 Å². The molecule has 7 nitrogen and oxygen atoms in total. The Hall–Kier alpha value is -0.430. The average Bonchev–Trinajstić information content (AvgIpc) is 3.22. The maximum absolute atomic E-state index is 12.5. The van der Waals surface area contributed by atoms with Gasteiger partial charge in [0.25, 0.3) is 0 Å². The molecule has 172 valence electrons. The van der Waals surface area contributed by atoms with Crippen molar-refractivity contribution in [2.75, 3.05) is 53.2 Å². The molecule has 1 aromatic rings. The maximum Gasteiger partial charge on any atom is 0.191 e. The van der Waals surface area contributed by atoms with E-state index in [1.165, 1.54) is 24.0 Å². The molecule has 2 saturated heterocycles. The van der Waals surface area contributed by atoms with Crippen molar-refractivity contribution in [1.82, 2.24) is 15.5 Å². The molecule has 2 unspecified atom stereocenters. The van der Waals surface area contributed by atoms with Gasteiger partial charge in [-0.25, -0.2) is 8.42 Å². The molecule has 0 radical (unpaired) electrons. The van der Waals surface area contributed by atoms with Gasteiger partial charge in [0, 0.05) is 50.5 Å². The van der Waals surface area contributed by atoms with E-state index in [4.69, 9.17) is 4.74 Å². The summed E-state index contributed by atoms with van der Waals surface area (Å²) in [6.07, 6.45) is 4.72. The highest BCUT2D eigenvalue weighted by molar-refractivity contribution is 14.0. The largest absolute Gasteiger partial charge is 0.381 e. The van der Waals surface area contributed by atoms with Crippen LogP contribution in [-0.2, 0) is 14.6 Å². The van der Waals surface area contributed by atoms with Crippen LogP contribution < -0.4 is 10.6 Å². The zero-order valence-corrected chi connectivity index (χ0v) is 22.1. The van der Waals surface area contributed by atoms with E-state index in [9.17, 15) is 8.42 Å². The maximum atomic E-state index is 12.5. The summed E-state index contributed by atoms with van der Waals surface area (Å²) in [5.41, 5.74) is 0. The minimum Gasteiger partial charge on any atom is -0.381 e. The van der Waals surface area contributed by atoms with Crippen molar-refractivity contribution in [3.8, 4) is 0 Å². The van der Waals surface area contributed by atoms with Gasteiger partial charge in [-0.3, -0.25) is 9.89 Å². The zero-order chi connectivity index (χ0) is 20.9. The van der Waals surface area contributed by atoms with Gasteiger partial charge >= 0.3 is 0 Å². The summed E-state index contributed by atoms with van der Waals surface area (Å²) in [6.45, 7) is 3.25. The van der Waals surface area contributed by atoms with Crippen molar-refractivity contribution in [3.63, 3.8) is 0 Å². The molecule has 0 saturated carbocycles. The van der Waals surface area contributed by atoms with E-state index in [0.29, 0.717) is 50.5 Å². The third kappa shape index (κ3) is 6.08. The molecule has 0 aliphatic carbocycles. The standard InChI is InChI=1S/C20H34N4O3S2.HI/c1-21-19(23-15-20(29(3,25)26)8-11-27-12-9-20)22-14-16-6-4-10-24(2)18(16)17-7-5-13-28-17;/h5,7,13,16,18H,4,6,8-12,14-15H2,1-3H3,(H2,21,22,23);1H. The van der Waals surface area contributed by atoms with Crippen molar-refractivity contribution in [1.29, 1.82) is 0 Å². The number of sulfone groups is 1. The number of halogens is 1. The van der Waals surface area contributed by atoms with Crippen molar-refractivity contribution < 1.29 is 13.2 Å². The van der Waals surface area contributed by atoms with Crippen LogP contribution in [0.5, 0.6) is 0 Å². The Morgan fingerprint density at radius 1 is 1.37 bits per heavy atom. The molecule has 0 aromatic carbocycles. The van der Waals surface area contributed by atoms with Gasteiger partial charge in [0.1, 0.15) is 0 Å². The fourth-order valence-electron chi connectivity index (χ4n) is 4.50. The number of aliphatic imine (C=N–C) groups is 1. The first-order valence-electron chi connectivity index (χ1n) is 10.3. The van der Waals surface area contributed by atoms with E-state index < -0.39 is 14.6 Å². The highest BCUT2D eigenvalue weighted by atomic mass is 127. The lowest BCUT2D eigenvalue weighted by molar-refractivity contribution is 0.0756. The van der Waals surface area contributed by atoms with Crippen LogP contribution in [0.2, 0.25) is 0 Å². The lowest BCUT2D eigenvalue weighted by Crippen LogP contribution is -2.54. The van der Waals surface area contributed by atoms with Crippen LogP contribution in [0.3, 0.4) is 0 Å². The summed E-state index contributed by atoms with van der Waals surface area (Å²) in [7, 11) is 0.728. The third-order valence-corrected chi connectivity index (χ3v) is 9.43. The first kappa shape index (κ1) is 25.8. The molecule has 2 atom stereocenters. The molecule has 10 heteroatoms. The summed E-state index contributed by atoms with van der Waals surface area (Å²) in [5.74, 6) is 1.15. The number of nitrogens with zero attached hydrogens (tertiary/aromatic N) is 2. The number of nitrogens with one attached hydrogen (secondary N) is 2. The number of thiophene rings is 1. The van der Waals surface area contributed by atoms with E-state index in [0.717, 1.165) is 13.1 Å². The fourth-order valence-corrected chi connectivity index (χ4v) is 6.72. The fraction of sp³-hybridized carbons (Fsp3) is 0.750. The lowest BCUT2D eigenvalue weighted by atomic mass is 9.88. The number of piperidine rings is 1. The summed E-state index contributed by atoms with van der Waals surface area (Å²) in [5, 5.41) is 8.87. The molecule has 1 aromatic heterocycles. The smallest absolute Gasteiger partial charge is 0.191 e. The van der Waals surface area contributed by atoms with E-state index in [1.54, 1.807) is 7.05 Å². The zero-order valence-electron chi connectivity index (χ0n) is 18.1. The summed E-state index contributed by atoms with van der Waals surface area (Å²) >= 11 is 1.81. The molecule has 2 aliphatic heterocycles. The molecule has 0 amide bonds. The normalized spacial score (nSPS) is 25.4. The molecule has 3 rings (SSSR count). The molecular formula is C20H35IN4O3S2. The van der Waals surface area contributed by atoms with Gasteiger partial charge in [0.15, 0.2) is 15.8 Å². The van der Waals surface area contributed by atoms with Gasteiger partial charge in [-0.15, -0.1) is 35.3 Å². The second-order valence-corrected chi connectivity index (χ2v) is 11.6. The summed E-state index contributed by atoms with van der Waals surface area (Å²) in [6, 6.07) is 4.75. The van der Waals surface area contributed by atoms with E-state index in [1.807, 2.05) is 11.3 Å². The van der Waals surface area contributed by atoms with Crippen LogP contribution in [0, 0.1) is 5.92 Å². The highest BCUT2D eigenvalue weighted by Gasteiger charge is 2.42. The van der Waals surface area contributed by atoms with Gasteiger partial charge in [-0.1, -0.05) is 6.07 Å². The lowest BCUT2D eigenvalue weighted by Gasteiger charge is -2.39. The number of hydrogen-bond donors (Lipinski definition) is 2. The van der Waals surface area contributed by atoms with Crippen molar-refractivity contribution in [2.45, 2.75) is 36.5 Å². The van der Waals surface area contributed by atoms with Crippen LogP contribution >= 0.6 is 35.3 Å². The summed E-state index contributed by atoms with van der Waals surface area (Å²) < 4.78 is 29.5. The molecule has 2 fully saturated rings. The monoisotopic (exact) mass is 570 g/mol. The SMILES string of the molecule is CN=C(NCC1CCCN(C)C1c1cccs1)NCC1(S(C)(=O)=O)CCOCC1.I. The predicted octanol–water partition coefficient (Wildman–Crippen LogP) is 2.51. The van der Waals surface area contributed by atoms with Gasteiger partial charge in [0.05, 0.1) is 4.75 Å². The molecule has 0 bridgehead atoms. The minimum absolute atomic E-state index is 0. The molecular weight excluding hydrogens is 535 g/mol. The first-order valence-corrected chi connectivity index (χ1v) is 13.1. The second-order valence-electron chi connectivity index (χ2n) is 8.22. The molecule has 3 heterocycles. The Kier molecular flexibility index (Phi) is 9.85. The van der Waals surface area contributed by atoms with Crippen LogP contribution in [0.1, 0.15) is 36.6 Å². The highest BCUT2D eigenvalue weighted by Crippen LogP contribution is 2.36. The topological polar surface area (TPSA) is 83.0 Å². The Labute approximate surface area is 202 Å². The van der Waals surface area contributed by atoms with Crippen LogP contribution in [0.15, 0.2) is 22.5 Å². The summed E-state index contributed by atoms with van der Waals surface area (Å²) in [4.78, 5) is 8.18. The number of guanidine groups is 1. The van der Waals surface area contributed by atoms with Crippen LogP contribution in [0.4, 0.5) is 0 Å². The molecule has 0 spiro atoms. The number of hydrogen-bond acceptors (Lipinski definition) is 6. The average molecular weight is 571 g/mol. The Morgan fingerprint density at radius 2 is 2.10 bits per heavy atom. The Balaban J connectivity index is 0.00000320. The predicted molar refractivity (Wildman–Crippen MR) is 135 cm³/mol. The molecule has 2 aliphatic rings. The Bertz CT molecular complexity index is 780. The van der Waals surface area contributed by atoms with Gasteiger partial charge in [0.2, 0.25) is 0 Å².